The summed E-state index contributed by atoms with van der Waals surface area (Å²) in [4.78, 5) is 0. The minimum absolute atomic E-state index is 0.115. The molecule has 1 aromatic rings. The van der Waals surface area contributed by atoms with Crippen LogP contribution in [0.1, 0.15) is 20.3 Å². The zero-order valence-corrected chi connectivity index (χ0v) is 13.1. The molecule has 0 aromatic heterocycles. The highest BCUT2D eigenvalue weighted by Crippen LogP contribution is 2.37. The Morgan fingerprint density at radius 3 is 2.74 bits per heavy atom. The molecule has 4 nitrogen and oxygen atoms in total. The second-order valence-corrected chi connectivity index (χ2v) is 5.74. The molecule has 5 heteroatoms. The third kappa shape index (κ3) is 3.76. The first kappa shape index (κ1) is 14.5. The van der Waals surface area contributed by atoms with Crippen LogP contribution in [0, 0.1) is 0 Å². The molecule has 0 amide bonds. The van der Waals surface area contributed by atoms with Gasteiger partial charge in [-0.1, -0.05) is 0 Å². The standard InChI is InChI=1S/C14H20BrNO3/c1-9(2)16-12-7-13(17-3)14(6-11(12)15)19-10-4-5-18-8-10/h6-7,9-10,16H,4-5,8H2,1-3H3/t10-/m0/s1. The lowest BCUT2D eigenvalue weighted by molar-refractivity contribution is 0.138. The molecule has 1 atom stereocenters. The molecular formula is C14H20BrNO3. The van der Waals surface area contributed by atoms with Gasteiger partial charge in [0.15, 0.2) is 11.5 Å². The van der Waals surface area contributed by atoms with E-state index in [0.29, 0.717) is 12.6 Å². The Morgan fingerprint density at radius 1 is 1.37 bits per heavy atom. The molecule has 1 aliphatic rings. The van der Waals surface area contributed by atoms with Gasteiger partial charge >= 0.3 is 0 Å². The smallest absolute Gasteiger partial charge is 0.162 e. The third-order valence-corrected chi connectivity index (χ3v) is 3.54. The summed E-state index contributed by atoms with van der Waals surface area (Å²) in [6.45, 7) is 5.60. The van der Waals surface area contributed by atoms with Crippen LogP contribution < -0.4 is 14.8 Å². The molecule has 1 aliphatic heterocycles. The first-order valence-electron chi connectivity index (χ1n) is 6.48. The number of methoxy groups -OCH3 is 1. The van der Waals surface area contributed by atoms with Gasteiger partial charge in [0, 0.05) is 29.1 Å². The minimum atomic E-state index is 0.115. The number of hydrogen-bond acceptors (Lipinski definition) is 4. The van der Waals surface area contributed by atoms with Crippen molar-refractivity contribution >= 4 is 21.6 Å². The first-order valence-corrected chi connectivity index (χ1v) is 7.28. The van der Waals surface area contributed by atoms with E-state index in [1.165, 1.54) is 0 Å². The highest BCUT2D eigenvalue weighted by Gasteiger charge is 2.20. The molecule has 0 saturated carbocycles. The summed E-state index contributed by atoms with van der Waals surface area (Å²) < 4.78 is 17.6. The van der Waals surface area contributed by atoms with Gasteiger partial charge in [-0.3, -0.25) is 0 Å². The number of rotatable bonds is 5. The summed E-state index contributed by atoms with van der Waals surface area (Å²) >= 11 is 3.56. The molecule has 0 spiro atoms. The maximum atomic E-state index is 5.93. The fraction of sp³-hybridized carbons (Fsp3) is 0.571. The average molecular weight is 330 g/mol. The summed E-state index contributed by atoms with van der Waals surface area (Å²) in [6, 6.07) is 4.26. The number of anilines is 1. The van der Waals surface area contributed by atoms with E-state index < -0.39 is 0 Å². The van der Waals surface area contributed by atoms with Crippen molar-refractivity contribution in [1.82, 2.24) is 0 Å². The van der Waals surface area contributed by atoms with E-state index in [2.05, 4.69) is 35.1 Å². The molecule has 19 heavy (non-hydrogen) atoms. The lowest BCUT2D eigenvalue weighted by Gasteiger charge is -2.18. The van der Waals surface area contributed by atoms with Gasteiger partial charge in [-0.05, 0) is 29.8 Å². The molecule has 106 valence electrons. The molecular weight excluding hydrogens is 310 g/mol. The Labute approximate surface area is 122 Å². The molecule has 0 bridgehead atoms. The van der Waals surface area contributed by atoms with E-state index in [9.17, 15) is 0 Å². The molecule has 0 aliphatic carbocycles. The van der Waals surface area contributed by atoms with Crippen molar-refractivity contribution in [3.05, 3.63) is 16.6 Å². The van der Waals surface area contributed by atoms with E-state index in [1.807, 2.05) is 12.1 Å². The Hall–Kier alpha value is -0.940. The fourth-order valence-electron chi connectivity index (χ4n) is 1.99. The van der Waals surface area contributed by atoms with Gasteiger partial charge in [-0.15, -0.1) is 0 Å². The zero-order chi connectivity index (χ0) is 13.8. The number of nitrogens with one attached hydrogen (secondary N) is 1. The average Bonchev–Trinajstić information content (AvgIpc) is 2.85. The lowest BCUT2D eigenvalue weighted by Crippen LogP contribution is -2.16. The van der Waals surface area contributed by atoms with Crippen LogP contribution in [0.2, 0.25) is 0 Å². The van der Waals surface area contributed by atoms with E-state index in [-0.39, 0.29) is 6.10 Å². The van der Waals surface area contributed by atoms with Crippen molar-refractivity contribution < 1.29 is 14.2 Å². The maximum absolute atomic E-state index is 5.93. The van der Waals surface area contributed by atoms with E-state index >= 15 is 0 Å². The van der Waals surface area contributed by atoms with Crippen molar-refractivity contribution in [3.63, 3.8) is 0 Å². The van der Waals surface area contributed by atoms with Crippen molar-refractivity contribution in [2.75, 3.05) is 25.6 Å². The Kier molecular flexibility index (Phi) is 4.93. The Balaban J connectivity index is 2.20. The number of ether oxygens (including phenoxy) is 3. The summed E-state index contributed by atoms with van der Waals surface area (Å²) in [5, 5.41) is 3.36. The van der Waals surface area contributed by atoms with Crippen LogP contribution in [0.15, 0.2) is 16.6 Å². The topological polar surface area (TPSA) is 39.7 Å². The van der Waals surface area contributed by atoms with E-state index in [4.69, 9.17) is 14.2 Å². The second kappa shape index (κ2) is 6.48. The first-order chi connectivity index (χ1) is 9.10. The van der Waals surface area contributed by atoms with Crippen LogP contribution in [-0.2, 0) is 4.74 Å². The lowest BCUT2D eigenvalue weighted by atomic mass is 10.2. The van der Waals surface area contributed by atoms with Crippen molar-refractivity contribution in [1.29, 1.82) is 0 Å². The van der Waals surface area contributed by atoms with Crippen LogP contribution in [0.4, 0.5) is 5.69 Å². The van der Waals surface area contributed by atoms with Gasteiger partial charge in [0.2, 0.25) is 0 Å². The number of hydrogen-bond donors (Lipinski definition) is 1. The van der Waals surface area contributed by atoms with Gasteiger partial charge in [-0.25, -0.2) is 0 Å². The molecule has 1 heterocycles. The van der Waals surface area contributed by atoms with Crippen LogP contribution in [0.3, 0.4) is 0 Å². The van der Waals surface area contributed by atoms with Crippen LogP contribution in [0.5, 0.6) is 11.5 Å². The molecule has 2 rings (SSSR count). The molecule has 0 unspecified atom stereocenters. The van der Waals surface area contributed by atoms with Gasteiger partial charge in [-0.2, -0.15) is 0 Å². The summed E-state index contributed by atoms with van der Waals surface area (Å²) in [7, 11) is 1.65. The minimum Gasteiger partial charge on any atom is -0.493 e. The normalized spacial score (nSPS) is 18.7. The molecule has 1 saturated heterocycles. The van der Waals surface area contributed by atoms with E-state index in [1.54, 1.807) is 7.11 Å². The quantitative estimate of drug-likeness (QED) is 0.898. The summed E-state index contributed by atoms with van der Waals surface area (Å²) in [5.41, 5.74) is 1.00. The largest absolute Gasteiger partial charge is 0.493 e. The van der Waals surface area contributed by atoms with Gasteiger partial charge in [0.1, 0.15) is 6.10 Å². The van der Waals surface area contributed by atoms with Gasteiger partial charge in [0.25, 0.3) is 0 Å². The highest BCUT2D eigenvalue weighted by atomic mass is 79.9. The molecule has 1 aromatic carbocycles. The van der Waals surface area contributed by atoms with Crippen LogP contribution in [0.25, 0.3) is 0 Å². The van der Waals surface area contributed by atoms with Crippen molar-refractivity contribution in [3.8, 4) is 11.5 Å². The van der Waals surface area contributed by atoms with Gasteiger partial charge in [0.05, 0.1) is 26.0 Å². The zero-order valence-electron chi connectivity index (χ0n) is 11.5. The van der Waals surface area contributed by atoms with Crippen molar-refractivity contribution in [2.45, 2.75) is 32.4 Å². The van der Waals surface area contributed by atoms with Crippen LogP contribution in [-0.4, -0.2) is 32.5 Å². The number of benzene rings is 1. The van der Waals surface area contributed by atoms with Gasteiger partial charge < -0.3 is 19.5 Å². The second-order valence-electron chi connectivity index (χ2n) is 4.89. The predicted molar refractivity (Wildman–Crippen MR) is 79.3 cm³/mol. The molecule has 1 N–H and O–H groups in total. The van der Waals surface area contributed by atoms with Crippen molar-refractivity contribution in [2.24, 2.45) is 0 Å². The Morgan fingerprint density at radius 2 is 2.16 bits per heavy atom. The molecule has 1 fully saturated rings. The highest BCUT2D eigenvalue weighted by molar-refractivity contribution is 9.10. The SMILES string of the molecule is COc1cc(NC(C)C)c(Br)cc1O[C@H]1CCOC1. The summed E-state index contributed by atoms with van der Waals surface area (Å²) in [6.07, 6.45) is 1.04. The summed E-state index contributed by atoms with van der Waals surface area (Å²) in [5.74, 6) is 1.48. The monoisotopic (exact) mass is 329 g/mol. The van der Waals surface area contributed by atoms with E-state index in [0.717, 1.165) is 34.7 Å². The molecule has 0 radical (unpaired) electrons. The Bertz CT molecular complexity index is 431. The predicted octanol–water partition coefficient (Wildman–Crippen LogP) is 3.45. The number of halogens is 1. The van der Waals surface area contributed by atoms with Crippen LogP contribution >= 0.6 is 15.9 Å². The maximum Gasteiger partial charge on any atom is 0.162 e. The third-order valence-electron chi connectivity index (χ3n) is 2.88. The fourth-order valence-corrected chi connectivity index (χ4v) is 2.43.